The molecule has 0 saturated heterocycles. The van der Waals surface area contributed by atoms with E-state index in [2.05, 4.69) is 15.0 Å². The minimum atomic E-state index is 0.217. The van der Waals surface area contributed by atoms with Crippen molar-refractivity contribution in [1.82, 2.24) is 19.7 Å². The molecular formula is C10H18N4O. The lowest BCUT2D eigenvalue weighted by molar-refractivity contribution is 0.0909. The van der Waals surface area contributed by atoms with Crippen molar-refractivity contribution < 1.29 is 5.11 Å². The molecule has 84 valence electrons. The molecule has 0 aliphatic heterocycles. The Morgan fingerprint density at radius 2 is 2.40 bits per heavy atom. The minimum absolute atomic E-state index is 0.217. The summed E-state index contributed by atoms with van der Waals surface area (Å²) in [5.41, 5.74) is 0. The number of aromatic nitrogens is 3. The van der Waals surface area contributed by atoms with Gasteiger partial charge in [0.1, 0.15) is 12.2 Å². The Bertz CT molecular complexity index is 308. The van der Waals surface area contributed by atoms with Crippen LogP contribution in [-0.4, -0.2) is 44.0 Å². The molecule has 0 amide bonds. The largest absolute Gasteiger partial charge is 0.395 e. The molecule has 2 rings (SSSR count). The number of hydrogen-bond donors (Lipinski definition) is 1. The first kappa shape index (κ1) is 10.6. The Labute approximate surface area is 89.7 Å². The molecule has 1 aromatic heterocycles. The van der Waals surface area contributed by atoms with Crippen molar-refractivity contribution in [1.29, 1.82) is 0 Å². The molecule has 0 aromatic carbocycles. The predicted molar refractivity (Wildman–Crippen MR) is 56.1 cm³/mol. The highest BCUT2D eigenvalue weighted by molar-refractivity contribution is 4.88. The zero-order valence-corrected chi connectivity index (χ0v) is 9.13. The van der Waals surface area contributed by atoms with Crippen LogP contribution in [0.3, 0.4) is 0 Å². The fourth-order valence-corrected chi connectivity index (χ4v) is 1.92. The number of aliphatic hydroxyl groups excluding tert-OH is 1. The Kier molecular flexibility index (Phi) is 3.33. The van der Waals surface area contributed by atoms with E-state index in [4.69, 9.17) is 5.11 Å². The van der Waals surface area contributed by atoms with Crippen molar-refractivity contribution in [2.45, 2.75) is 31.8 Å². The van der Waals surface area contributed by atoms with E-state index in [0.29, 0.717) is 6.04 Å². The number of hydrogen-bond acceptors (Lipinski definition) is 4. The minimum Gasteiger partial charge on any atom is -0.395 e. The zero-order chi connectivity index (χ0) is 10.7. The van der Waals surface area contributed by atoms with Gasteiger partial charge in [0, 0.05) is 19.6 Å². The molecule has 1 N–H and O–H groups in total. The molecule has 1 aliphatic carbocycles. The lowest BCUT2D eigenvalue weighted by atomic mass is 9.91. The molecular weight excluding hydrogens is 192 g/mol. The number of aliphatic hydroxyl groups is 1. The molecule has 1 saturated carbocycles. The third kappa shape index (κ3) is 2.35. The lowest BCUT2D eigenvalue weighted by Gasteiger charge is -2.36. The van der Waals surface area contributed by atoms with Crippen LogP contribution in [0.25, 0.3) is 0 Å². The highest BCUT2D eigenvalue weighted by Gasteiger charge is 2.25. The smallest absolute Gasteiger partial charge is 0.140 e. The summed E-state index contributed by atoms with van der Waals surface area (Å²) in [6.45, 7) is 1.74. The normalized spacial score (nSPS) is 17.0. The van der Waals surface area contributed by atoms with Crippen molar-refractivity contribution >= 4 is 0 Å². The Morgan fingerprint density at radius 3 is 2.87 bits per heavy atom. The van der Waals surface area contributed by atoms with Gasteiger partial charge in [-0.1, -0.05) is 6.42 Å². The first-order chi connectivity index (χ1) is 7.31. The van der Waals surface area contributed by atoms with Gasteiger partial charge in [-0.25, -0.2) is 4.98 Å². The maximum absolute atomic E-state index is 9.02. The van der Waals surface area contributed by atoms with Crippen LogP contribution in [0.1, 0.15) is 25.1 Å². The first-order valence-corrected chi connectivity index (χ1v) is 5.49. The molecule has 15 heavy (non-hydrogen) atoms. The van der Waals surface area contributed by atoms with E-state index in [1.54, 1.807) is 11.0 Å². The van der Waals surface area contributed by atoms with E-state index in [9.17, 15) is 0 Å². The van der Waals surface area contributed by atoms with Crippen LogP contribution in [-0.2, 0) is 13.6 Å². The summed E-state index contributed by atoms with van der Waals surface area (Å²) in [4.78, 5) is 6.51. The molecule has 0 unspecified atom stereocenters. The molecule has 0 radical (unpaired) electrons. The third-order valence-electron chi connectivity index (χ3n) is 3.13. The van der Waals surface area contributed by atoms with Gasteiger partial charge in [0.05, 0.1) is 13.2 Å². The van der Waals surface area contributed by atoms with Crippen LogP contribution in [0.5, 0.6) is 0 Å². The van der Waals surface area contributed by atoms with Crippen molar-refractivity contribution in [2.75, 3.05) is 13.2 Å². The highest BCUT2D eigenvalue weighted by Crippen LogP contribution is 2.25. The van der Waals surface area contributed by atoms with Gasteiger partial charge in [-0.05, 0) is 12.8 Å². The van der Waals surface area contributed by atoms with E-state index in [1.165, 1.54) is 19.3 Å². The summed E-state index contributed by atoms with van der Waals surface area (Å²) in [6, 6.07) is 0.633. The predicted octanol–water partition coefficient (Wildman–Crippen LogP) is 0.162. The van der Waals surface area contributed by atoms with Crippen LogP contribution in [0.4, 0.5) is 0 Å². The van der Waals surface area contributed by atoms with E-state index in [0.717, 1.165) is 18.9 Å². The molecule has 0 atom stereocenters. The summed E-state index contributed by atoms with van der Waals surface area (Å²) >= 11 is 0. The van der Waals surface area contributed by atoms with Gasteiger partial charge in [0.15, 0.2) is 0 Å². The SMILES string of the molecule is Cn1ncnc1CN(CCO)C1CCC1. The number of rotatable bonds is 5. The summed E-state index contributed by atoms with van der Waals surface area (Å²) < 4.78 is 1.79. The number of nitrogens with zero attached hydrogens (tertiary/aromatic N) is 4. The van der Waals surface area contributed by atoms with E-state index < -0.39 is 0 Å². The lowest BCUT2D eigenvalue weighted by Crippen LogP contribution is -2.41. The van der Waals surface area contributed by atoms with Crippen molar-refractivity contribution in [3.05, 3.63) is 12.2 Å². The van der Waals surface area contributed by atoms with Crippen molar-refractivity contribution in [2.24, 2.45) is 7.05 Å². The van der Waals surface area contributed by atoms with Crippen LogP contribution >= 0.6 is 0 Å². The molecule has 5 heteroatoms. The molecule has 1 heterocycles. The van der Waals surface area contributed by atoms with Gasteiger partial charge in [-0.15, -0.1) is 0 Å². The average Bonchev–Trinajstić information content (AvgIpc) is 2.49. The zero-order valence-electron chi connectivity index (χ0n) is 9.13. The number of aryl methyl sites for hydroxylation is 1. The van der Waals surface area contributed by atoms with Gasteiger partial charge in [0.25, 0.3) is 0 Å². The standard InChI is InChI=1S/C10H18N4O/c1-13-10(11-8-12-13)7-14(5-6-15)9-3-2-4-9/h8-9,15H,2-7H2,1H3. The fourth-order valence-electron chi connectivity index (χ4n) is 1.92. The Morgan fingerprint density at radius 1 is 1.60 bits per heavy atom. The molecule has 0 spiro atoms. The summed E-state index contributed by atoms with van der Waals surface area (Å²) in [6.07, 6.45) is 5.38. The summed E-state index contributed by atoms with van der Waals surface area (Å²) in [5.74, 6) is 0.968. The topological polar surface area (TPSA) is 54.2 Å². The molecule has 1 aromatic rings. The quantitative estimate of drug-likeness (QED) is 0.752. The van der Waals surface area contributed by atoms with Gasteiger partial charge >= 0.3 is 0 Å². The average molecular weight is 210 g/mol. The van der Waals surface area contributed by atoms with Crippen LogP contribution < -0.4 is 0 Å². The van der Waals surface area contributed by atoms with Gasteiger partial charge < -0.3 is 5.11 Å². The molecule has 0 bridgehead atoms. The third-order valence-corrected chi connectivity index (χ3v) is 3.13. The highest BCUT2D eigenvalue weighted by atomic mass is 16.3. The maximum Gasteiger partial charge on any atom is 0.140 e. The van der Waals surface area contributed by atoms with Crippen molar-refractivity contribution in [3.8, 4) is 0 Å². The molecule has 5 nitrogen and oxygen atoms in total. The van der Waals surface area contributed by atoms with E-state index in [1.807, 2.05) is 7.05 Å². The Hall–Kier alpha value is -0.940. The van der Waals surface area contributed by atoms with E-state index in [-0.39, 0.29) is 6.61 Å². The molecule has 1 aliphatic rings. The Balaban J connectivity index is 1.96. The van der Waals surface area contributed by atoms with Crippen LogP contribution in [0.2, 0.25) is 0 Å². The second kappa shape index (κ2) is 4.72. The fraction of sp³-hybridized carbons (Fsp3) is 0.800. The van der Waals surface area contributed by atoms with E-state index >= 15 is 0 Å². The van der Waals surface area contributed by atoms with Crippen LogP contribution in [0.15, 0.2) is 6.33 Å². The second-order valence-corrected chi connectivity index (χ2v) is 4.08. The maximum atomic E-state index is 9.02. The van der Waals surface area contributed by atoms with Crippen molar-refractivity contribution in [3.63, 3.8) is 0 Å². The summed E-state index contributed by atoms with van der Waals surface area (Å²) in [7, 11) is 1.90. The van der Waals surface area contributed by atoms with Gasteiger partial charge in [0.2, 0.25) is 0 Å². The van der Waals surface area contributed by atoms with Gasteiger partial charge in [-0.2, -0.15) is 5.10 Å². The monoisotopic (exact) mass is 210 g/mol. The molecule has 1 fully saturated rings. The van der Waals surface area contributed by atoms with Gasteiger partial charge in [-0.3, -0.25) is 9.58 Å². The summed E-state index contributed by atoms with van der Waals surface area (Å²) in [5, 5.41) is 13.1. The first-order valence-electron chi connectivity index (χ1n) is 5.49. The second-order valence-electron chi connectivity index (χ2n) is 4.08. The van der Waals surface area contributed by atoms with Crippen LogP contribution in [0, 0.1) is 0 Å².